The average molecular weight is 1010 g/mol. The molecule has 0 aliphatic carbocycles. The van der Waals surface area contributed by atoms with E-state index in [-0.39, 0.29) is 28.0 Å². The number of nitro groups is 1. The first-order valence-electron chi connectivity index (χ1n) is 23.6. The Morgan fingerprint density at radius 3 is 2.40 bits per heavy atom. The van der Waals surface area contributed by atoms with Crippen LogP contribution in [0.5, 0.6) is 17.2 Å². The molecule has 5 aromatic carbocycles. The number of anilines is 2. The molecule has 6 aromatic rings. The zero-order valence-electron chi connectivity index (χ0n) is 40.3. The van der Waals surface area contributed by atoms with E-state index in [1.807, 2.05) is 48.5 Å². The van der Waals surface area contributed by atoms with Gasteiger partial charge in [0.1, 0.15) is 29.5 Å². The maximum atomic E-state index is 14.1. The van der Waals surface area contributed by atoms with Crippen LogP contribution in [0.4, 0.5) is 17.1 Å². The highest BCUT2D eigenvalue weighted by Crippen LogP contribution is 2.38. The number of halogens is 1. The van der Waals surface area contributed by atoms with Crippen LogP contribution in [0.3, 0.4) is 0 Å². The van der Waals surface area contributed by atoms with Gasteiger partial charge in [-0.05, 0) is 120 Å². The number of hydrogen-bond acceptors (Lipinski definition) is 12. The lowest BCUT2D eigenvalue weighted by Gasteiger charge is -2.36. The van der Waals surface area contributed by atoms with Crippen LogP contribution >= 0.6 is 11.6 Å². The third kappa shape index (κ3) is 12.1. The van der Waals surface area contributed by atoms with Crippen LogP contribution in [0.2, 0.25) is 23.2 Å². The quantitative estimate of drug-likeness (QED) is 0.0322. The number of piperazine rings is 1. The molecule has 0 saturated carbocycles. The number of carbonyl (C=O) groups excluding carboxylic acids is 1. The standard InChI is InChI=1S/C52H61ClN6O9SSi/c1-52(2,3)70(4,5)67-30-29-66-41-14-17-43(37-9-11-39(53)12-10-37)38(31-41)35-57-23-25-58(26-24-57)40-13-16-45(50(32-40)68-49-8-6-7-46-44(49)19-22-54-46)51(60)56-69(63,64)42-15-18-47(48(33-42)59(61)62)55-34-36-20-27-65-28-21-36/h6-19,22,31-33,36,54-55H,20-21,23-30,34-35H2,1-5H3,(H,56,60). The zero-order valence-corrected chi connectivity index (χ0v) is 42.8. The number of nitrogens with zero attached hydrogens (tertiary/aromatic N) is 3. The maximum Gasteiger partial charge on any atom is 0.293 e. The van der Waals surface area contributed by atoms with E-state index in [0.29, 0.717) is 63.4 Å². The molecule has 2 aliphatic heterocycles. The maximum absolute atomic E-state index is 14.1. The fourth-order valence-corrected chi connectivity index (χ4v) is 10.6. The molecular weight excluding hydrogens is 948 g/mol. The number of hydrogen-bond donors (Lipinski definition) is 3. The summed E-state index contributed by atoms with van der Waals surface area (Å²) >= 11 is 6.28. The summed E-state index contributed by atoms with van der Waals surface area (Å²) in [7, 11) is -6.49. The first kappa shape index (κ1) is 50.4. The summed E-state index contributed by atoms with van der Waals surface area (Å²) in [5, 5.41) is 16.8. The van der Waals surface area contributed by atoms with Crippen LogP contribution < -0.4 is 24.4 Å². The van der Waals surface area contributed by atoms with Gasteiger partial charge in [-0.2, -0.15) is 0 Å². The van der Waals surface area contributed by atoms with Crippen LogP contribution in [-0.2, 0) is 25.7 Å². The van der Waals surface area contributed by atoms with E-state index in [1.165, 1.54) is 12.1 Å². The van der Waals surface area contributed by atoms with Crippen molar-refractivity contribution in [3.8, 4) is 28.4 Å². The van der Waals surface area contributed by atoms with Crippen LogP contribution in [-0.4, -0.2) is 96.6 Å². The fourth-order valence-electron chi connectivity index (χ4n) is 8.44. The minimum Gasteiger partial charge on any atom is -0.491 e. The lowest BCUT2D eigenvalue weighted by Crippen LogP contribution is -2.46. The van der Waals surface area contributed by atoms with Crippen molar-refractivity contribution < 1.29 is 36.8 Å². The largest absolute Gasteiger partial charge is 0.491 e. The first-order chi connectivity index (χ1) is 33.4. The third-order valence-corrected chi connectivity index (χ3v) is 19.7. The lowest BCUT2D eigenvalue weighted by molar-refractivity contribution is -0.384. The molecule has 1 amide bonds. The van der Waals surface area contributed by atoms with Crippen LogP contribution in [0.25, 0.3) is 22.0 Å². The number of rotatable bonds is 18. The Morgan fingerprint density at radius 1 is 0.914 bits per heavy atom. The minimum atomic E-state index is -4.58. The normalized spacial score (nSPS) is 15.2. The third-order valence-electron chi connectivity index (χ3n) is 13.6. The number of carbonyl (C=O) groups is 1. The summed E-state index contributed by atoms with van der Waals surface area (Å²) in [6, 6.07) is 30.1. The highest BCUT2D eigenvalue weighted by Gasteiger charge is 2.37. The Labute approximate surface area is 415 Å². The summed E-state index contributed by atoms with van der Waals surface area (Å²) < 4.78 is 54.3. The number of ether oxygens (including phenoxy) is 3. The van der Waals surface area contributed by atoms with Gasteiger partial charge < -0.3 is 33.8 Å². The number of aromatic nitrogens is 1. The highest BCUT2D eigenvalue weighted by atomic mass is 35.5. The van der Waals surface area contributed by atoms with Gasteiger partial charge in [-0.1, -0.05) is 56.6 Å². The van der Waals surface area contributed by atoms with Crippen molar-refractivity contribution in [3.63, 3.8) is 0 Å². The minimum absolute atomic E-state index is 0.0360. The van der Waals surface area contributed by atoms with Gasteiger partial charge in [-0.3, -0.25) is 19.8 Å². The fraction of sp³-hybridized carbons (Fsp3) is 0.365. The van der Waals surface area contributed by atoms with Gasteiger partial charge in [0.05, 0.1) is 22.0 Å². The molecule has 0 bridgehead atoms. The van der Waals surface area contributed by atoms with E-state index < -0.39 is 39.8 Å². The molecule has 370 valence electrons. The SMILES string of the molecule is CC(C)(C)[Si](C)(C)OCCOc1ccc(-c2ccc(Cl)cc2)c(CN2CCN(c3ccc(C(=O)NS(=O)(=O)c4ccc(NCC5CCOCC5)c([N+](=O)[O-])c4)c(Oc4cccc5[nH]ccc45)c3)CC2)c1. The second-order valence-corrected chi connectivity index (χ2v) is 26.3. The molecule has 15 nitrogen and oxygen atoms in total. The second kappa shape index (κ2) is 21.6. The van der Waals surface area contributed by atoms with E-state index >= 15 is 0 Å². The predicted molar refractivity (Wildman–Crippen MR) is 278 cm³/mol. The molecule has 2 aliphatic rings. The molecule has 0 spiro atoms. The number of sulfonamides is 1. The molecule has 3 heterocycles. The van der Waals surface area contributed by atoms with E-state index in [4.69, 9.17) is 30.2 Å². The molecule has 3 N–H and O–H groups in total. The number of amides is 1. The van der Waals surface area contributed by atoms with E-state index in [1.54, 1.807) is 30.5 Å². The summed E-state index contributed by atoms with van der Waals surface area (Å²) in [6.07, 6.45) is 3.42. The monoisotopic (exact) mass is 1010 g/mol. The Morgan fingerprint density at radius 2 is 1.67 bits per heavy atom. The van der Waals surface area contributed by atoms with Gasteiger partial charge in [0.15, 0.2) is 8.32 Å². The number of benzene rings is 5. The second-order valence-electron chi connectivity index (χ2n) is 19.3. The average Bonchev–Trinajstić information content (AvgIpc) is 3.83. The van der Waals surface area contributed by atoms with Gasteiger partial charge in [-0.25, -0.2) is 13.1 Å². The molecule has 0 radical (unpaired) electrons. The van der Waals surface area contributed by atoms with E-state index in [0.717, 1.165) is 71.0 Å². The van der Waals surface area contributed by atoms with Crippen LogP contribution in [0.15, 0.2) is 114 Å². The molecular formula is C52H61ClN6O9SSi. The molecule has 0 unspecified atom stereocenters. The first-order valence-corrected chi connectivity index (χ1v) is 28.4. The van der Waals surface area contributed by atoms with Crippen molar-refractivity contribution in [2.24, 2.45) is 5.92 Å². The Bertz CT molecular complexity index is 2930. The predicted octanol–water partition coefficient (Wildman–Crippen LogP) is 10.9. The summed E-state index contributed by atoms with van der Waals surface area (Å²) in [6.45, 7) is 17.3. The Balaban J connectivity index is 0.990. The Hall–Kier alpha value is -5.95. The molecule has 2 fully saturated rings. The number of fused-ring (bicyclic) bond motifs is 1. The van der Waals surface area contributed by atoms with Gasteiger partial charge in [0.2, 0.25) is 0 Å². The number of aromatic amines is 1. The van der Waals surface area contributed by atoms with E-state index in [2.05, 4.69) is 70.8 Å². The van der Waals surface area contributed by atoms with Gasteiger partial charge in [0, 0.05) is 92.4 Å². The summed E-state index contributed by atoms with van der Waals surface area (Å²) in [5.74, 6) is 0.684. The van der Waals surface area contributed by atoms with Crippen molar-refractivity contribution in [3.05, 3.63) is 136 Å². The van der Waals surface area contributed by atoms with Gasteiger partial charge in [0.25, 0.3) is 21.6 Å². The van der Waals surface area contributed by atoms with Crippen molar-refractivity contribution in [1.82, 2.24) is 14.6 Å². The Kier molecular flexibility index (Phi) is 15.6. The molecule has 18 heteroatoms. The molecule has 1 aromatic heterocycles. The van der Waals surface area contributed by atoms with Crippen molar-refractivity contribution in [2.75, 3.05) is 69.4 Å². The lowest BCUT2D eigenvalue weighted by atomic mass is 9.98. The van der Waals surface area contributed by atoms with Crippen molar-refractivity contribution in [2.45, 2.75) is 63.2 Å². The molecule has 70 heavy (non-hydrogen) atoms. The van der Waals surface area contributed by atoms with Crippen molar-refractivity contribution in [1.29, 1.82) is 0 Å². The smallest absolute Gasteiger partial charge is 0.293 e. The molecule has 8 rings (SSSR count). The summed E-state index contributed by atoms with van der Waals surface area (Å²) in [5.41, 5.74) is 4.60. The zero-order chi connectivity index (χ0) is 49.6. The topological polar surface area (TPSA) is 178 Å². The van der Waals surface area contributed by atoms with Gasteiger partial charge in [-0.15, -0.1) is 0 Å². The highest BCUT2D eigenvalue weighted by molar-refractivity contribution is 7.90. The number of nitrogens with one attached hydrogen (secondary N) is 3. The van der Waals surface area contributed by atoms with Crippen LogP contribution in [0.1, 0.15) is 49.5 Å². The molecule has 2 saturated heterocycles. The van der Waals surface area contributed by atoms with Gasteiger partial charge >= 0.3 is 0 Å². The summed E-state index contributed by atoms with van der Waals surface area (Å²) in [4.78, 5) is 32.9. The van der Waals surface area contributed by atoms with E-state index in [9.17, 15) is 23.3 Å². The van der Waals surface area contributed by atoms with Crippen LogP contribution in [0, 0.1) is 16.0 Å². The molecule has 0 atom stereocenters. The number of nitro benzene ring substituents is 1. The van der Waals surface area contributed by atoms with Crippen molar-refractivity contribution >= 4 is 63.8 Å². The number of H-pyrrole nitrogens is 1.